The highest BCUT2D eigenvalue weighted by atomic mass is 79.9. The van der Waals surface area contributed by atoms with E-state index in [1.807, 2.05) is 6.07 Å². The number of anilines is 1. The molecule has 2 rings (SSSR count). The number of aromatic nitrogens is 3. The number of rotatable bonds is 4. The van der Waals surface area contributed by atoms with Crippen molar-refractivity contribution in [3.63, 3.8) is 0 Å². The van der Waals surface area contributed by atoms with E-state index in [1.165, 1.54) is 6.07 Å². The molecule has 0 saturated heterocycles. The Morgan fingerprint density at radius 2 is 2.22 bits per heavy atom. The van der Waals surface area contributed by atoms with Gasteiger partial charge in [-0.25, -0.2) is 9.07 Å². The first kappa shape index (κ1) is 13.0. The Morgan fingerprint density at radius 1 is 1.44 bits per heavy atom. The Hall–Kier alpha value is -1.43. The van der Waals surface area contributed by atoms with Gasteiger partial charge in [-0.2, -0.15) is 0 Å². The monoisotopic (exact) mass is 312 g/mol. The maximum atomic E-state index is 13.4. The lowest BCUT2D eigenvalue weighted by Crippen LogP contribution is -2.08. The highest BCUT2D eigenvalue weighted by Crippen LogP contribution is 2.22. The molecular formula is C12H14BrFN4. The summed E-state index contributed by atoms with van der Waals surface area (Å²) >= 11 is 3.24. The average Bonchev–Trinajstić information content (AvgIpc) is 2.68. The molecule has 4 nitrogen and oxygen atoms in total. The summed E-state index contributed by atoms with van der Waals surface area (Å²) < 4.78 is 15.6. The third kappa shape index (κ3) is 2.53. The second-order valence-electron chi connectivity index (χ2n) is 4.04. The maximum absolute atomic E-state index is 13.4. The van der Waals surface area contributed by atoms with Crippen LogP contribution in [-0.2, 0) is 13.0 Å². The van der Waals surface area contributed by atoms with Gasteiger partial charge in [0.25, 0.3) is 0 Å². The van der Waals surface area contributed by atoms with Gasteiger partial charge in [0.2, 0.25) is 0 Å². The molecule has 18 heavy (non-hydrogen) atoms. The fourth-order valence-electron chi connectivity index (χ4n) is 1.80. The van der Waals surface area contributed by atoms with Crippen LogP contribution in [0.15, 0.2) is 22.7 Å². The van der Waals surface area contributed by atoms with Gasteiger partial charge in [-0.15, -0.1) is 5.10 Å². The zero-order valence-electron chi connectivity index (χ0n) is 10.0. The molecule has 1 aromatic carbocycles. The number of hydrogen-bond acceptors (Lipinski definition) is 3. The number of nitrogen functional groups attached to an aromatic ring is 1. The molecule has 0 unspecified atom stereocenters. The number of nitrogens with two attached hydrogens (primary N) is 1. The molecule has 0 spiro atoms. The van der Waals surface area contributed by atoms with E-state index >= 15 is 0 Å². The third-order valence-electron chi connectivity index (χ3n) is 2.71. The largest absolute Gasteiger partial charge is 0.381 e. The standard InChI is InChI=1S/C12H14BrFN4/c1-2-4-10-12(15)16-17-18(10)7-8-5-3-6-9(14)11(8)13/h3,5-6H,2,4,7,15H2,1H3. The Bertz CT molecular complexity index is 553. The van der Waals surface area contributed by atoms with Crippen molar-refractivity contribution in [2.24, 2.45) is 0 Å². The van der Waals surface area contributed by atoms with Crippen LogP contribution in [0.3, 0.4) is 0 Å². The summed E-state index contributed by atoms with van der Waals surface area (Å²) in [7, 11) is 0. The van der Waals surface area contributed by atoms with Gasteiger partial charge in [-0.3, -0.25) is 0 Å². The van der Waals surface area contributed by atoms with Crippen LogP contribution in [-0.4, -0.2) is 15.0 Å². The number of hydrogen-bond donors (Lipinski definition) is 1. The van der Waals surface area contributed by atoms with Crippen LogP contribution in [0.4, 0.5) is 10.2 Å². The molecule has 0 aliphatic rings. The van der Waals surface area contributed by atoms with Crippen LogP contribution in [0, 0.1) is 5.82 Å². The zero-order chi connectivity index (χ0) is 13.1. The number of halogens is 2. The molecule has 1 heterocycles. The quantitative estimate of drug-likeness (QED) is 0.944. The minimum Gasteiger partial charge on any atom is -0.381 e. The van der Waals surface area contributed by atoms with Crippen molar-refractivity contribution in [1.82, 2.24) is 15.0 Å². The van der Waals surface area contributed by atoms with Crippen LogP contribution >= 0.6 is 15.9 Å². The molecule has 96 valence electrons. The molecule has 0 fully saturated rings. The third-order valence-corrected chi connectivity index (χ3v) is 3.59. The Labute approximate surface area is 113 Å². The van der Waals surface area contributed by atoms with Crippen molar-refractivity contribution in [2.75, 3.05) is 5.73 Å². The fraction of sp³-hybridized carbons (Fsp3) is 0.333. The fourth-order valence-corrected chi connectivity index (χ4v) is 2.19. The van der Waals surface area contributed by atoms with Gasteiger partial charge in [0.05, 0.1) is 16.7 Å². The minimum absolute atomic E-state index is 0.280. The maximum Gasteiger partial charge on any atom is 0.169 e. The second kappa shape index (κ2) is 5.48. The Morgan fingerprint density at radius 3 is 2.94 bits per heavy atom. The van der Waals surface area contributed by atoms with Crippen molar-refractivity contribution in [1.29, 1.82) is 0 Å². The van der Waals surface area contributed by atoms with Crippen LogP contribution < -0.4 is 5.73 Å². The summed E-state index contributed by atoms with van der Waals surface area (Å²) in [6.07, 6.45) is 1.77. The topological polar surface area (TPSA) is 56.7 Å². The highest BCUT2D eigenvalue weighted by molar-refractivity contribution is 9.10. The number of nitrogens with zero attached hydrogens (tertiary/aromatic N) is 3. The molecule has 6 heteroatoms. The minimum atomic E-state index is -0.280. The Balaban J connectivity index is 2.31. The van der Waals surface area contributed by atoms with Gasteiger partial charge < -0.3 is 5.73 Å². The van der Waals surface area contributed by atoms with Crippen molar-refractivity contribution in [2.45, 2.75) is 26.3 Å². The summed E-state index contributed by atoms with van der Waals surface area (Å²) in [6.45, 7) is 2.52. The molecule has 0 amide bonds. The summed E-state index contributed by atoms with van der Waals surface area (Å²) in [4.78, 5) is 0. The van der Waals surface area contributed by atoms with Crippen LogP contribution in [0.5, 0.6) is 0 Å². The van der Waals surface area contributed by atoms with Crippen LogP contribution in [0.2, 0.25) is 0 Å². The lowest BCUT2D eigenvalue weighted by atomic mass is 10.2. The van der Waals surface area contributed by atoms with E-state index in [1.54, 1.807) is 10.7 Å². The van der Waals surface area contributed by atoms with Crippen molar-refractivity contribution in [3.8, 4) is 0 Å². The first-order valence-electron chi connectivity index (χ1n) is 5.74. The Kier molecular flexibility index (Phi) is 3.96. The van der Waals surface area contributed by atoms with E-state index in [0.717, 1.165) is 24.1 Å². The molecule has 0 saturated carbocycles. The summed E-state index contributed by atoms with van der Waals surface area (Å²) in [5.74, 6) is 0.169. The summed E-state index contributed by atoms with van der Waals surface area (Å²) in [5.41, 5.74) is 7.48. The first-order chi connectivity index (χ1) is 8.63. The van der Waals surface area contributed by atoms with Gasteiger partial charge in [-0.05, 0) is 34.0 Å². The van der Waals surface area contributed by atoms with Crippen molar-refractivity contribution >= 4 is 21.7 Å². The van der Waals surface area contributed by atoms with E-state index in [-0.39, 0.29) is 5.82 Å². The normalized spacial score (nSPS) is 10.8. The summed E-state index contributed by atoms with van der Waals surface area (Å²) in [5, 5.41) is 7.86. The molecule has 0 aliphatic heterocycles. The van der Waals surface area contributed by atoms with Gasteiger partial charge in [-0.1, -0.05) is 30.7 Å². The van der Waals surface area contributed by atoms with Crippen LogP contribution in [0.25, 0.3) is 0 Å². The van der Waals surface area contributed by atoms with Crippen molar-refractivity contribution in [3.05, 3.63) is 39.7 Å². The van der Waals surface area contributed by atoms with E-state index in [4.69, 9.17) is 5.73 Å². The average molecular weight is 313 g/mol. The zero-order valence-corrected chi connectivity index (χ0v) is 11.6. The first-order valence-corrected chi connectivity index (χ1v) is 6.53. The summed E-state index contributed by atoms with van der Waals surface area (Å²) in [6, 6.07) is 4.94. The smallest absolute Gasteiger partial charge is 0.169 e. The second-order valence-corrected chi connectivity index (χ2v) is 4.83. The van der Waals surface area contributed by atoms with Gasteiger partial charge >= 0.3 is 0 Å². The molecule has 2 aromatic rings. The molecule has 0 atom stereocenters. The van der Waals surface area contributed by atoms with Crippen LogP contribution in [0.1, 0.15) is 24.6 Å². The van der Waals surface area contributed by atoms with E-state index in [2.05, 4.69) is 33.2 Å². The SMILES string of the molecule is CCCc1c(N)nnn1Cc1cccc(F)c1Br. The van der Waals surface area contributed by atoms with E-state index < -0.39 is 0 Å². The molecule has 0 bridgehead atoms. The van der Waals surface area contributed by atoms with E-state index in [9.17, 15) is 4.39 Å². The predicted octanol–water partition coefficient (Wildman–Crippen LogP) is 2.76. The number of benzene rings is 1. The van der Waals surface area contributed by atoms with E-state index in [0.29, 0.717) is 16.8 Å². The molecule has 0 radical (unpaired) electrons. The molecule has 1 aromatic heterocycles. The molecular weight excluding hydrogens is 299 g/mol. The van der Waals surface area contributed by atoms with Gasteiger partial charge in [0, 0.05) is 0 Å². The molecule has 2 N–H and O–H groups in total. The lowest BCUT2D eigenvalue weighted by Gasteiger charge is -2.08. The van der Waals surface area contributed by atoms with Gasteiger partial charge in [0.1, 0.15) is 5.82 Å². The molecule has 0 aliphatic carbocycles. The predicted molar refractivity (Wildman–Crippen MR) is 71.6 cm³/mol. The lowest BCUT2D eigenvalue weighted by molar-refractivity contribution is 0.593. The van der Waals surface area contributed by atoms with Crippen molar-refractivity contribution < 1.29 is 4.39 Å². The van der Waals surface area contributed by atoms with Gasteiger partial charge in [0.15, 0.2) is 5.82 Å². The highest BCUT2D eigenvalue weighted by Gasteiger charge is 2.12.